The molecule has 0 radical (unpaired) electrons. The topological polar surface area (TPSA) is 26.0 Å². The minimum Gasteiger partial charge on any atom is -0.327 e. The van der Waals surface area contributed by atoms with Crippen molar-refractivity contribution in [1.29, 1.82) is 0 Å². The summed E-state index contributed by atoms with van der Waals surface area (Å²) in [5.74, 6) is 5.94. The van der Waals surface area contributed by atoms with Gasteiger partial charge in [-0.2, -0.15) is 0 Å². The molecule has 1 atom stereocenters. The Morgan fingerprint density at radius 1 is 1.33 bits per heavy atom. The Balaban J connectivity index is 2.46. The van der Waals surface area contributed by atoms with Crippen LogP contribution >= 0.6 is 0 Å². The lowest BCUT2D eigenvalue weighted by molar-refractivity contribution is 0.621. The average molecular weight is 201 g/mol. The van der Waals surface area contributed by atoms with Gasteiger partial charge in [0.2, 0.25) is 0 Å². The first-order valence-corrected chi connectivity index (χ1v) is 5.43. The Labute approximate surface area is 92.7 Å². The summed E-state index contributed by atoms with van der Waals surface area (Å²) in [7, 11) is 0. The molecular weight excluding hydrogens is 182 g/mol. The summed E-state index contributed by atoms with van der Waals surface area (Å²) in [5.41, 5.74) is 8.73. The third kappa shape index (κ3) is 4.18. The van der Waals surface area contributed by atoms with Crippen molar-refractivity contribution in [2.24, 2.45) is 5.73 Å². The van der Waals surface area contributed by atoms with Crippen LogP contribution < -0.4 is 5.73 Å². The fraction of sp³-hybridized carbons (Fsp3) is 0.429. The molecule has 0 aliphatic carbocycles. The maximum Gasteiger partial charge on any atom is 0.0103 e. The molecule has 2 N–H and O–H groups in total. The highest BCUT2D eigenvalue weighted by atomic mass is 14.6. The summed E-state index contributed by atoms with van der Waals surface area (Å²) < 4.78 is 0. The van der Waals surface area contributed by atoms with Gasteiger partial charge < -0.3 is 5.73 Å². The first-order chi connectivity index (χ1) is 7.24. The van der Waals surface area contributed by atoms with Gasteiger partial charge in [0.05, 0.1) is 0 Å². The largest absolute Gasteiger partial charge is 0.327 e. The van der Waals surface area contributed by atoms with Gasteiger partial charge in [0.15, 0.2) is 0 Å². The Morgan fingerprint density at radius 2 is 2.07 bits per heavy atom. The van der Waals surface area contributed by atoms with E-state index in [0.717, 1.165) is 19.3 Å². The van der Waals surface area contributed by atoms with Crippen LogP contribution in [0.2, 0.25) is 0 Å². The van der Waals surface area contributed by atoms with Gasteiger partial charge in [-0.25, -0.2) is 0 Å². The molecule has 1 rings (SSSR count). The molecule has 1 aromatic rings. The first-order valence-electron chi connectivity index (χ1n) is 5.43. The maximum atomic E-state index is 6.05. The molecular formula is C14H19N. The van der Waals surface area contributed by atoms with Crippen molar-refractivity contribution in [2.75, 3.05) is 0 Å². The number of nitrogens with two attached hydrogens (primary N) is 1. The highest BCUT2D eigenvalue weighted by molar-refractivity contribution is 5.26. The number of benzene rings is 1. The molecule has 0 bridgehead atoms. The van der Waals surface area contributed by atoms with E-state index in [2.05, 4.69) is 43.0 Å². The molecule has 80 valence electrons. The second-order valence-corrected chi connectivity index (χ2v) is 3.86. The zero-order valence-corrected chi connectivity index (χ0v) is 9.59. The second kappa shape index (κ2) is 6.27. The summed E-state index contributed by atoms with van der Waals surface area (Å²) in [5, 5.41) is 0. The number of aryl methyl sites for hydroxylation is 1. The van der Waals surface area contributed by atoms with Crippen LogP contribution in [-0.4, -0.2) is 6.04 Å². The molecule has 0 amide bonds. The Morgan fingerprint density at radius 3 is 2.73 bits per heavy atom. The quantitative estimate of drug-likeness (QED) is 0.745. The van der Waals surface area contributed by atoms with Crippen molar-refractivity contribution in [3.63, 3.8) is 0 Å². The van der Waals surface area contributed by atoms with Crippen LogP contribution in [0.15, 0.2) is 24.3 Å². The molecule has 0 aliphatic rings. The van der Waals surface area contributed by atoms with Crippen LogP contribution in [-0.2, 0) is 6.42 Å². The van der Waals surface area contributed by atoms with Gasteiger partial charge in [-0.15, -0.1) is 11.8 Å². The third-order valence-corrected chi connectivity index (χ3v) is 2.56. The van der Waals surface area contributed by atoms with Crippen LogP contribution in [0.3, 0.4) is 0 Å². The van der Waals surface area contributed by atoms with Gasteiger partial charge in [-0.05, 0) is 37.8 Å². The number of hydrogen-bond donors (Lipinski definition) is 1. The number of hydrogen-bond acceptors (Lipinski definition) is 1. The second-order valence-electron chi connectivity index (χ2n) is 3.86. The first kappa shape index (κ1) is 11.8. The van der Waals surface area contributed by atoms with Crippen LogP contribution in [0, 0.1) is 18.8 Å². The summed E-state index contributed by atoms with van der Waals surface area (Å²) in [6.45, 7) is 4.00. The predicted molar refractivity (Wildman–Crippen MR) is 65.5 cm³/mol. The number of rotatable bonds is 4. The van der Waals surface area contributed by atoms with E-state index in [4.69, 9.17) is 5.73 Å². The van der Waals surface area contributed by atoms with Crippen molar-refractivity contribution in [3.05, 3.63) is 35.4 Å². The van der Waals surface area contributed by atoms with E-state index in [0.29, 0.717) is 0 Å². The highest BCUT2D eigenvalue weighted by Gasteiger charge is 2.04. The van der Waals surface area contributed by atoms with Crippen molar-refractivity contribution in [1.82, 2.24) is 0 Å². The van der Waals surface area contributed by atoms with Gasteiger partial charge in [0, 0.05) is 12.5 Å². The van der Waals surface area contributed by atoms with Crippen LogP contribution in [0.25, 0.3) is 0 Å². The Bertz CT molecular complexity index is 357. The minimum absolute atomic E-state index is 0.229. The van der Waals surface area contributed by atoms with E-state index in [1.54, 1.807) is 0 Å². The zero-order chi connectivity index (χ0) is 11.1. The molecule has 1 aromatic carbocycles. The molecule has 0 aromatic heterocycles. The lowest BCUT2D eigenvalue weighted by Crippen LogP contribution is -2.22. The van der Waals surface area contributed by atoms with Gasteiger partial charge in [-0.1, -0.05) is 24.3 Å². The van der Waals surface area contributed by atoms with Gasteiger partial charge >= 0.3 is 0 Å². The van der Waals surface area contributed by atoms with Crippen molar-refractivity contribution in [3.8, 4) is 11.8 Å². The zero-order valence-electron chi connectivity index (χ0n) is 9.59. The van der Waals surface area contributed by atoms with Crippen molar-refractivity contribution in [2.45, 2.75) is 39.2 Å². The van der Waals surface area contributed by atoms with Crippen LogP contribution in [0.4, 0.5) is 0 Å². The fourth-order valence-electron chi connectivity index (χ4n) is 1.61. The standard InChI is InChI=1S/C14H19N/c1-3-4-5-10-14(15)11-13-9-7-6-8-12(13)2/h6-9,14H,5,10-11,15H2,1-2H3. The predicted octanol–water partition coefficient (Wildman–Crippen LogP) is 2.67. The summed E-state index contributed by atoms with van der Waals surface area (Å²) in [6, 6.07) is 8.65. The van der Waals surface area contributed by atoms with E-state index < -0.39 is 0 Å². The monoisotopic (exact) mass is 201 g/mol. The lowest BCUT2D eigenvalue weighted by atomic mass is 9.99. The van der Waals surface area contributed by atoms with Gasteiger partial charge in [-0.3, -0.25) is 0 Å². The minimum atomic E-state index is 0.229. The Hall–Kier alpha value is -1.26. The van der Waals surface area contributed by atoms with Gasteiger partial charge in [0.1, 0.15) is 0 Å². The van der Waals surface area contributed by atoms with Crippen molar-refractivity contribution < 1.29 is 0 Å². The molecule has 0 fully saturated rings. The third-order valence-electron chi connectivity index (χ3n) is 2.56. The lowest BCUT2D eigenvalue weighted by Gasteiger charge is -2.11. The van der Waals surface area contributed by atoms with E-state index in [-0.39, 0.29) is 6.04 Å². The highest BCUT2D eigenvalue weighted by Crippen LogP contribution is 2.10. The molecule has 0 heterocycles. The Kier molecular flexibility index (Phi) is 4.93. The SMILES string of the molecule is CC#CCCC(N)Cc1ccccc1C. The molecule has 1 unspecified atom stereocenters. The average Bonchev–Trinajstić information content (AvgIpc) is 2.22. The fourth-order valence-corrected chi connectivity index (χ4v) is 1.61. The van der Waals surface area contributed by atoms with Crippen LogP contribution in [0.1, 0.15) is 30.9 Å². The maximum absolute atomic E-state index is 6.05. The van der Waals surface area contributed by atoms with Crippen LogP contribution in [0.5, 0.6) is 0 Å². The van der Waals surface area contributed by atoms with E-state index in [9.17, 15) is 0 Å². The molecule has 1 heteroatoms. The summed E-state index contributed by atoms with van der Waals surface area (Å²) in [4.78, 5) is 0. The van der Waals surface area contributed by atoms with E-state index in [1.807, 2.05) is 6.92 Å². The van der Waals surface area contributed by atoms with E-state index >= 15 is 0 Å². The van der Waals surface area contributed by atoms with E-state index in [1.165, 1.54) is 11.1 Å². The molecule has 0 aliphatic heterocycles. The van der Waals surface area contributed by atoms with Crippen molar-refractivity contribution >= 4 is 0 Å². The smallest absolute Gasteiger partial charge is 0.0103 e. The summed E-state index contributed by atoms with van der Waals surface area (Å²) in [6.07, 6.45) is 2.84. The molecule has 1 nitrogen and oxygen atoms in total. The molecule has 0 saturated carbocycles. The summed E-state index contributed by atoms with van der Waals surface area (Å²) >= 11 is 0. The molecule has 0 spiro atoms. The molecule has 15 heavy (non-hydrogen) atoms. The molecule has 0 saturated heterocycles. The van der Waals surface area contributed by atoms with Gasteiger partial charge in [0.25, 0.3) is 0 Å². The normalized spacial score (nSPS) is 11.7.